The van der Waals surface area contributed by atoms with Crippen molar-refractivity contribution in [3.05, 3.63) is 23.8 Å². The smallest absolute Gasteiger partial charge is 0.308 e. The van der Waals surface area contributed by atoms with E-state index in [1.54, 1.807) is 11.0 Å². The topological polar surface area (TPSA) is 87.1 Å². The third-order valence-corrected chi connectivity index (χ3v) is 4.63. The summed E-state index contributed by atoms with van der Waals surface area (Å²) in [7, 11) is 1.48. The van der Waals surface area contributed by atoms with Crippen molar-refractivity contribution >= 4 is 11.9 Å². The van der Waals surface area contributed by atoms with Gasteiger partial charge >= 0.3 is 5.97 Å². The number of rotatable bonds is 4. The Morgan fingerprint density at radius 3 is 2.55 bits per heavy atom. The fraction of sp³-hybridized carbons (Fsp3) is 0.500. The zero-order valence-corrected chi connectivity index (χ0v) is 12.4. The lowest BCUT2D eigenvalue weighted by Crippen LogP contribution is -2.30. The molecule has 2 aliphatic rings. The quantitative estimate of drug-likeness (QED) is 0.882. The van der Waals surface area contributed by atoms with Gasteiger partial charge < -0.3 is 19.8 Å². The maximum absolute atomic E-state index is 12.6. The van der Waals surface area contributed by atoms with Gasteiger partial charge in [0, 0.05) is 19.2 Å². The summed E-state index contributed by atoms with van der Waals surface area (Å²) in [5, 5.41) is 19.3. The summed E-state index contributed by atoms with van der Waals surface area (Å²) in [6.45, 7) is 0.659. The number of carboxylic acids is 1. The lowest BCUT2D eigenvalue weighted by molar-refractivity contribution is -0.142. The molecule has 0 radical (unpaired) electrons. The van der Waals surface area contributed by atoms with Crippen LogP contribution >= 0.6 is 0 Å². The van der Waals surface area contributed by atoms with Gasteiger partial charge in [0.25, 0.3) is 5.91 Å². The third-order valence-electron chi connectivity index (χ3n) is 4.63. The van der Waals surface area contributed by atoms with Crippen LogP contribution in [0.3, 0.4) is 0 Å². The Morgan fingerprint density at radius 1 is 1.27 bits per heavy atom. The van der Waals surface area contributed by atoms with Crippen LogP contribution in [0.2, 0.25) is 0 Å². The molecule has 1 aromatic carbocycles. The normalized spacial score (nSPS) is 24.3. The maximum Gasteiger partial charge on any atom is 0.308 e. The number of carboxylic acid groups (broad SMARTS) is 1. The van der Waals surface area contributed by atoms with Gasteiger partial charge in [-0.3, -0.25) is 9.59 Å². The number of hydrogen-bond acceptors (Lipinski definition) is 4. The van der Waals surface area contributed by atoms with Crippen molar-refractivity contribution in [2.75, 3.05) is 20.2 Å². The van der Waals surface area contributed by atoms with E-state index in [0.717, 1.165) is 12.8 Å². The Bertz CT molecular complexity index is 611. The molecule has 1 heterocycles. The lowest BCUT2D eigenvalue weighted by atomic mass is 9.92. The van der Waals surface area contributed by atoms with E-state index in [4.69, 9.17) is 4.74 Å². The number of amides is 1. The zero-order chi connectivity index (χ0) is 15.9. The molecule has 3 rings (SSSR count). The van der Waals surface area contributed by atoms with E-state index in [-0.39, 0.29) is 29.7 Å². The minimum Gasteiger partial charge on any atom is -0.507 e. The maximum atomic E-state index is 12.6. The van der Waals surface area contributed by atoms with E-state index < -0.39 is 11.9 Å². The third kappa shape index (κ3) is 2.61. The number of carbonyl (C=O) groups is 2. The van der Waals surface area contributed by atoms with E-state index >= 15 is 0 Å². The monoisotopic (exact) mass is 305 g/mol. The van der Waals surface area contributed by atoms with Crippen LogP contribution in [0.15, 0.2) is 18.2 Å². The second-order valence-electron chi connectivity index (χ2n) is 6.04. The Balaban J connectivity index is 1.79. The minimum atomic E-state index is -0.842. The van der Waals surface area contributed by atoms with Crippen LogP contribution in [0.4, 0.5) is 0 Å². The van der Waals surface area contributed by atoms with Gasteiger partial charge in [-0.25, -0.2) is 0 Å². The predicted octanol–water partition coefficient (Wildman–Crippen LogP) is 1.58. The molecule has 6 heteroatoms. The van der Waals surface area contributed by atoms with E-state index in [2.05, 4.69) is 0 Å². The number of methoxy groups -OCH3 is 1. The summed E-state index contributed by atoms with van der Waals surface area (Å²) >= 11 is 0. The Kier molecular flexibility index (Phi) is 3.68. The van der Waals surface area contributed by atoms with Gasteiger partial charge in [0.15, 0.2) is 0 Å². The van der Waals surface area contributed by atoms with Crippen molar-refractivity contribution < 1.29 is 24.5 Å². The molecule has 118 valence electrons. The predicted molar refractivity (Wildman–Crippen MR) is 77.9 cm³/mol. The number of likely N-dealkylation sites (tertiary alicyclic amines) is 1. The summed E-state index contributed by atoms with van der Waals surface area (Å²) in [6, 6.07) is 4.50. The van der Waals surface area contributed by atoms with Crippen molar-refractivity contribution in [3.63, 3.8) is 0 Å². The SMILES string of the molecule is COc1ccc(C(=O)N2C[C@@H](C(=O)O)[C@H](C3CC3)C2)c(O)c1. The molecule has 2 atom stereocenters. The largest absolute Gasteiger partial charge is 0.507 e. The number of nitrogens with zero attached hydrogens (tertiary/aromatic N) is 1. The number of ether oxygens (including phenoxy) is 1. The summed E-state index contributed by atoms with van der Waals surface area (Å²) in [4.78, 5) is 25.5. The Labute approximate surface area is 128 Å². The first-order chi connectivity index (χ1) is 10.5. The molecule has 1 aromatic rings. The van der Waals surface area contributed by atoms with Crippen LogP contribution < -0.4 is 4.74 Å². The van der Waals surface area contributed by atoms with Crippen LogP contribution in [-0.4, -0.2) is 47.2 Å². The van der Waals surface area contributed by atoms with Crippen molar-refractivity contribution in [3.8, 4) is 11.5 Å². The van der Waals surface area contributed by atoms with Crippen molar-refractivity contribution in [2.45, 2.75) is 12.8 Å². The highest BCUT2D eigenvalue weighted by Crippen LogP contribution is 2.44. The fourth-order valence-electron chi connectivity index (χ4n) is 3.25. The average molecular weight is 305 g/mol. The van der Waals surface area contributed by atoms with Crippen LogP contribution in [0.5, 0.6) is 11.5 Å². The first kappa shape index (κ1) is 14.7. The van der Waals surface area contributed by atoms with Crippen molar-refractivity contribution in [2.24, 2.45) is 17.8 Å². The lowest BCUT2D eigenvalue weighted by Gasteiger charge is -2.17. The van der Waals surface area contributed by atoms with E-state index in [1.807, 2.05) is 0 Å². The highest BCUT2D eigenvalue weighted by molar-refractivity contribution is 5.97. The van der Waals surface area contributed by atoms with Gasteiger partial charge in [0.2, 0.25) is 0 Å². The molecule has 2 fully saturated rings. The van der Waals surface area contributed by atoms with Crippen molar-refractivity contribution in [1.29, 1.82) is 0 Å². The number of phenolic OH excluding ortho intramolecular Hbond substituents is 1. The van der Waals surface area contributed by atoms with Crippen molar-refractivity contribution in [1.82, 2.24) is 4.90 Å². The molecule has 0 aromatic heterocycles. The van der Waals surface area contributed by atoms with Gasteiger partial charge in [-0.05, 0) is 36.8 Å². The molecule has 0 spiro atoms. The van der Waals surface area contributed by atoms with Gasteiger partial charge in [-0.1, -0.05) is 0 Å². The highest BCUT2D eigenvalue weighted by atomic mass is 16.5. The number of benzene rings is 1. The average Bonchev–Trinajstić information content (AvgIpc) is 3.24. The molecular formula is C16H19NO5. The second-order valence-corrected chi connectivity index (χ2v) is 6.04. The summed E-state index contributed by atoms with van der Waals surface area (Å²) in [5.74, 6) is -0.899. The second kappa shape index (κ2) is 5.51. The number of aliphatic carboxylic acids is 1. The van der Waals surface area contributed by atoms with Crippen LogP contribution in [0.1, 0.15) is 23.2 Å². The number of carbonyl (C=O) groups excluding carboxylic acids is 1. The Hall–Kier alpha value is -2.24. The summed E-state index contributed by atoms with van der Waals surface area (Å²) in [6.07, 6.45) is 2.09. The number of aromatic hydroxyl groups is 1. The molecule has 2 N–H and O–H groups in total. The minimum absolute atomic E-state index is 0.0295. The highest BCUT2D eigenvalue weighted by Gasteiger charge is 2.47. The van der Waals surface area contributed by atoms with Gasteiger partial charge in [0.05, 0.1) is 18.6 Å². The van der Waals surface area contributed by atoms with Crippen LogP contribution in [-0.2, 0) is 4.79 Å². The standard InChI is InChI=1S/C16H19NO5/c1-22-10-4-5-11(14(18)6-10)15(19)17-7-12(9-2-3-9)13(8-17)16(20)21/h4-6,9,12-13,18H,2-3,7-8H2,1H3,(H,20,21)/t12-,13+/m0/s1. The summed E-state index contributed by atoms with van der Waals surface area (Å²) in [5.41, 5.74) is 0.182. The van der Waals surface area contributed by atoms with E-state index in [9.17, 15) is 19.8 Å². The van der Waals surface area contributed by atoms with Gasteiger partial charge in [-0.2, -0.15) is 0 Å². The molecule has 1 saturated heterocycles. The van der Waals surface area contributed by atoms with Crippen LogP contribution in [0, 0.1) is 17.8 Å². The molecule has 1 aliphatic heterocycles. The summed E-state index contributed by atoms with van der Waals surface area (Å²) < 4.78 is 5.00. The molecule has 6 nitrogen and oxygen atoms in total. The number of phenols is 1. The first-order valence-electron chi connectivity index (χ1n) is 7.40. The fourth-order valence-corrected chi connectivity index (χ4v) is 3.25. The van der Waals surface area contributed by atoms with E-state index in [0.29, 0.717) is 18.2 Å². The molecule has 1 amide bonds. The first-order valence-corrected chi connectivity index (χ1v) is 7.40. The van der Waals surface area contributed by atoms with E-state index in [1.165, 1.54) is 19.2 Å². The molecule has 0 bridgehead atoms. The Morgan fingerprint density at radius 2 is 2.00 bits per heavy atom. The molecular weight excluding hydrogens is 286 g/mol. The number of hydrogen-bond donors (Lipinski definition) is 2. The zero-order valence-electron chi connectivity index (χ0n) is 12.4. The molecule has 0 unspecified atom stereocenters. The molecule has 22 heavy (non-hydrogen) atoms. The molecule has 1 aliphatic carbocycles. The van der Waals surface area contributed by atoms with Gasteiger partial charge in [0.1, 0.15) is 11.5 Å². The molecule has 1 saturated carbocycles. The van der Waals surface area contributed by atoms with Crippen LogP contribution in [0.25, 0.3) is 0 Å². The van der Waals surface area contributed by atoms with Gasteiger partial charge in [-0.15, -0.1) is 0 Å².